The van der Waals surface area contributed by atoms with E-state index in [0.717, 1.165) is 9.87 Å². The van der Waals surface area contributed by atoms with E-state index in [1.807, 2.05) is 20.8 Å². The van der Waals surface area contributed by atoms with E-state index in [0.29, 0.717) is 22.0 Å². The summed E-state index contributed by atoms with van der Waals surface area (Å²) in [6.45, 7) is 6.44. The van der Waals surface area contributed by atoms with Gasteiger partial charge in [-0.25, -0.2) is 8.42 Å². The first-order valence-corrected chi connectivity index (χ1v) is 15.8. The van der Waals surface area contributed by atoms with Gasteiger partial charge in [-0.3, -0.25) is 13.9 Å². The smallest absolute Gasteiger partial charge is 0.264 e. The molecule has 0 saturated carbocycles. The van der Waals surface area contributed by atoms with Crippen LogP contribution in [0.4, 0.5) is 5.69 Å². The highest BCUT2D eigenvalue weighted by Gasteiger charge is 2.34. The maximum Gasteiger partial charge on any atom is 0.264 e. The maximum absolute atomic E-state index is 14.0. The number of benzene rings is 3. The van der Waals surface area contributed by atoms with E-state index in [9.17, 15) is 18.0 Å². The molecule has 3 aromatic carbocycles. The first-order chi connectivity index (χ1) is 19.3. The molecule has 12 heteroatoms. The van der Waals surface area contributed by atoms with E-state index in [4.69, 9.17) is 46.4 Å². The molecule has 0 bridgehead atoms. The molecule has 3 rings (SSSR count). The summed E-state index contributed by atoms with van der Waals surface area (Å²) in [6.07, 6.45) is 0.686. The molecule has 2 atom stereocenters. The molecule has 0 radical (unpaired) electrons. The second kappa shape index (κ2) is 14.1. The summed E-state index contributed by atoms with van der Waals surface area (Å²) in [4.78, 5) is 28.4. The minimum atomic E-state index is -4.30. The highest BCUT2D eigenvalue weighted by Crippen LogP contribution is 2.36. The number of sulfonamides is 1. The van der Waals surface area contributed by atoms with Gasteiger partial charge in [0.05, 0.1) is 20.6 Å². The van der Waals surface area contributed by atoms with Crippen LogP contribution in [0.25, 0.3) is 0 Å². The van der Waals surface area contributed by atoms with Crippen molar-refractivity contribution in [3.8, 4) is 0 Å². The van der Waals surface area contributed by atoms with Gasteiger partial charge in [0.15, 0.2) is 0 Å². The first-order valence-electron chi connectivity index (χ1n) is 12.8. The summed E-state index contributed by atoms with van der Waals surface area (Å²) in [5.41, 5.74) is 1.41. The normalized spacial score (nSPS) is 12.9. The topological polar surface area (TPSA) is 86.8 Å². The monoisotopic (exact) mass is 657 g/mol. The van der Waals surface area contributed by atoms with Crippen molar-refractivity contribution < 1.29 is 18.0 Å². The zero-order chi connectivity index (χ0) is 30.5. The van der Waals surface area contributed by atoms with Gasteiger partial charge in [0.1, 0.15) is 12.6 Å². The number of nitrogens with one attached hydrogen (secondary N) is 1. The molecule has 0 fully saturated rings. The van der Waals surface area contributed by atoms with Gasteiger partial charge in [-0.05, 0) is 69.2 Å². The van der Waals surface area contributed by atoms with Crippen molar-refractivity contribution in [1.29, 1.82) is 0 Å². The molecule has 0 aliphatic carbocycles. The molecule has 0 aliphatic heterocycles. The van der Waals surface area contributed by atoms with Crippen molar-refractivity contribution in [3.63, 3.8) is 0 Å². The molecule has 2 unspecified atom stereocenters. The van der Waals surface area contributed by atoms with Crippen LogP contribution in [0.5, 0.6) is 0 Å². The standard InChI is InChI=1S/C29H31Cl4N3O4S/c1-5-19(3)34-29(38)20(4)35(16-21-11-12-22(30)15-25(21)32)27(37)17-36(26-8-6-7-24(31)28(26)33)41(39,40)23-13-9-18(2)10-14-23/h6-15,19-20H,5,16-17H2,1-4H3,(H,34,38). The van der Waals surface area contributed by atoms with E-state index in [2.05, 4.69) is 5.32 Å². The van der Waals surface area contributed by atoms with Crippen molar-refractivity contribution in [3.05, 3.63) is 91.9 Å². The molecule has 3 aromatic rings. The van der Waals surface area contributed by atoms with Crippen molar-refractivity contribution in [2.45, 2.75) is 57.6 Å². The van der Waals surface area contributed by atoms with E-state index >= 15 is 0 Å². The van der Waals surface area contributed by atoms with Gasteiger partial charge >= 0.3 is 0 Å². The van der Waals surface area contributed by atoms with Crippen molar-refractivity contribution in [2.75, 3.05) is 10.8 Å². The number of rotatable bonds is 11. The lowest BCUT2D eigenvalue weighted by atomic mass is 10.1. The van der Waals surface area contributed by atoms with Crippen LogP contribution in [0.1, 0.15) is 38.3 Å². The molecular formula is C29H31Cl4N3O4S. The number of hydrogen-bond acceptors (Lipinski definition) is 4. The average molecular weight is 659 g/mol. The van der Waals surface area contributed by atoms with Gasteiger partial charge in [-0.1, -0.05) is 83.2 Å². The third-order valence-corrected chi connectivity index (χ3v) is 9.78. The number of amides is 2. The van der Waals surface area contributed by atoms with Crippen LogP contribution in [0.2, 0.25) is 20.1 Å². The number of nitrogens with zero attached hydrogens (tertiary/aromatic N) is 2. The molecular weight excluding hydrogens is 628 g/mol. The Hall–Kier alpha value is -2.49. The predicted octanol–water partition coefficient (Wildman–Crippen LogP) is 7.14. The van der Waals surface area contributed by atoms with Gasteiger partial charge in [0.25, 0.3) is 10.0 Å². The lowest BCUT2D eigenvalue weighted by molar-refractivity contribution is -0.139. The van der Waals surface area contributed by atoms with Crippen molar-refractivity contribution in [2.24, 2.45) is 0 Å². The Kier molecular flexibility index (Phi) is 11.4. The van der Waals surface area contributed by atoms with Gasteiger partial charge in [-0.15, -0.1) is 0 Å². The minimum absolute atomic E-state index is 0.0225. The zero-order valence-electron chi connectivity index (χ0n) is 23.0. The van der Waals surface area contributed by atoms with Crippen LogP contribution in [-0.4, -0.2) is 43.8 Å². The summed E-state index contributed by atoms with van der Waals surface area (Å²) in [6, 6.07) is 14.4. The van der Waals surface area contributed by atoms with Crippen molar-refractivity contribution >= 4 is 73.9 Å². The molecule has 0 heterocycles. The third kappa shape index (κ3) is 8.08. The molecule has 0 saturated heterocycles. The SMILES string of the molecule is CCC(C)NC(=O)C(C)N(Cc1ccc(Cl)cc1Cl)C(=O)CN(c1cccc(Cl)c1Cl)S(=O)(=O)c1ccc(C)cc1. The van der Waals surface area contributed by atoms with Gasteiger partial charge < -0.3 is 10.2 Å². The maximum atomic E-state index is 14.0. The number of halogens is 4. The number of carbonyl (C=O) groups is 2. The van der Waals surface area contributed by atoms with E-state index < -0.39 is 34.4 Å². The van der Waals surface area contributed by atoms with Crippen LogP contribution in [0, 0.1) is 6.92 Å². The van der Waals surface area contributed by atoms with Gasteiger partial charge in [0, 0.05) is 22.6 Å². The summed E-state index contributed by atoms with van der Waals surface area (Å²) in [5.74, 6) is -1.05. The van der Waals surface area contributed by atoms with E-state index in [1.54, 1.807) is 37.3 Å². The summed E-state index contributed by atoms with van der Waals surface area (Å²) >= 11 is 25.2. The molecule has 0 spiro atoms. The highest BCUT2D eigenvalue weighted by atomic mass is 35.5. The molecule has 41 heavy (non-hydrogen) atoms. The quantitative estimate of drug-likeness (QED) is 0.237. The number of hydrogen-bond donors (Lipinski definition) is 1. The number of carbonyl (C=O) groups excluding carboxylic acids is 2. The van der Waals surface area contributed by atoms with Gasteiger partial charge in [-0.2, -0.15) is 0 Å². The fourth-order valence-electron chi connectivity index (χ4n) is 3.92. The van der Waals surface area contributed by atoms with Crippen LogP contribution in [-0.2, 0) is 26.2 Å². The molecule has 1 N–H and O–H groups in total. The summed E-state index contributed by atoms with van der Waals surface area (Å²) in [7, 11) is -4.30. The van der Waals surface area contributed by atoms with Crippen LogP contribution < -0.4 is 9.62 Å². The molecule has 220 valence electrons. The Bertz CT molecular complexity index is 1520. The largest absolute Gasteiger partial charge is 0.352 e. The van der Waals surface area contributed by atoms with Crippen molar-refractivity contribution in [1.82, 2.24) is 10.2 Å². The van der Waals surface area contributed by atoms with E-state index in [-0.39, 0.29) is 33.2 Å². The van der Waals surface area contributed by atoms with Crippen LogP contribution >= 0.6 is 46.4 Å². The minimum Gasteiger partial charge on any atom is -0.352 e. The average Bonchev–Trinajstić information content (AvgIpc) is 2.92. The number of aryl methyl sites for hydroxylation is 1. The molecule has 2 amide bonds. The summed E-state index contributed by atoms with van der Waals surface area (Å²) in [5, 5.41) is 3.67. The Morgan fingerprint density at radius 1 is 0.927 bits per heavy atom. The molecule has 7 nitrogen and oxygen atoms in total. The fourth-order valence-corrected chi connectivity index (χ4v) is 6.26. The lowest BCUT2D eigenvalue weighted by Gasteiger charge is -2.33. The second-order valence-corrected chi connectivity index (χ2v) is 13.1. The first kappa shape index (κ1) is 33.0. The lowest BCUT2D eigenvalue weighted by Crippen LogP contribution is -2.52. The molecule has 0 aliphatic rings. The Balaban J connectivity index is 2.09. The van der Waals surface area contributed by atoms with Crippen LogP contribution in [0.3, 0.4) is 0 Å². The number of anilines is 1. The second-order valence-electron chi connectivity index (χ2n) is 9.65. The van der Waals surface area contributed by atoms with E-state index in [1.165, 1.54) is 35.2 Å². The fraction of sp³-hybridized carbons (Fsp3) is 0.310. The predicted molar refractivity (Wildman–Crippen MR) is 167 cm³/mol. The highest BCUT2D eigenvalue weighted by molar-refractivity contribution is 7.92. The zero-order valence-corrected chi connectivity index (χ0v) is 26.8. The Morgan fingerprint density at radius 3 is 2.20 bits per heavy atom. The summed E-state index contributed by atoms with van der Waals surface area (Å²) < 4.78 is 28.8. The Labute approximate surface area is 261 Å². The van der Waals surface area contributed by atoms with Crippen LogP contribution in [0.15, 0.2) is 65.6 Å². The molecule has 0 aromatic heterocycles. The third-order valence-electron chi connectivity index (χ3n) is 6.61. The van der Waals surface area contributed by atoms with Gasteiger partial charge in [0.2, 0.25) is 11.8 Å². The Morgan fingerprint density at radius 2 is 1.59 bits per heavy atom.